The first-order valence-electron chi connectivity index (χ1n) is 5.86. The Morgan fingerprint density at radius 1 is 1.29 bits per heavy atom. The van der Waals surface area contributed by atoms with E-state index in [1.54, 1.807) is 14.2 Å². The molecule has 1 fully saturated rings. The lowest BCUT2D eigenvalue weighted by Crippen LogP contribution is -2.39. The third-order valence-electron chi connectivity index (χ3n) is 2.92. The molecule has 2 rings (SSSR count). The molecule has 4 heteroatoms. The van der Waals surface area contributed by atoms with E-state index >= 15 is 0 Å². The van der Waals surface area contributed by atoms with Crippen molar-refractivity contribution in [3.8, 4) is 11.5 Å². The van der Waals surface area contributed by atoms with Crippen LogP contribution in [0.1, 0.15) is 5.56 Å². The fraction of sp³-hybridized carbons (Fsp3) is 0.538. The second-order valence-corrected chi connectivity index (χ2v) is 4.09. The van der Waals surface area contributed by atoms with Gasteiger partial charge in [0.2, 0.25) is 0 Å². The zero-order valence-corrected chi connectivity index (χ0v) is 10.4. The number of ether oxygens (including phenoxy) is 3. The molecule has 1 aliphatic heterocycles. The van der Waals surface area contributed by atoms with E-state index in [0.717, 1.165) is 37.6 Å². The maximum absolute atomic E-state index is 5.68. The minimum absolute atomic E-state index is 0.252. The van der Waals surface area contributed by atoms with Crippen molar-refractivity contribution in [2.24, 2.45) is 0 Å². The number of morpholine rings is 1. The Hall–Kier alpha value is -1.26. The van der Waals surface area contributed by atoms with E-state index in [0.29, 0.717) is 0 Å². The molecule has 1 saturated heterocycles. The zero-order valence-electron chi connectivity index (χ0n) is 10.4. The van der Waals surface area contributed by atoms with E-state index in [1.165, 1.54) is 5.56 Å². The summed E-state index contributed by atoms with van der Waals surface area (Å²) in [5.41, 5.74) is 1.20. The Morgan fingerprint density at radius 2 is 2.12 bits per heavy atom. The van der Waals surface area contributed by atoms with Crippen LogP contribution < -0.4 is 14.8 Å². The molecule has 1 unspecified atom stereocenters. The molecular weight excluding hydrogens is 218 g/mol. The molecule has 1 aromatic carbocycles. The highest BCUT2D eigenvalue weighted by Gasteiger charge is 2.15. The molecule has 94 valence electrons. The van der Waals surface area contributed by atoms with Gasteiger partial charge in [0.25, 0.3) is 0 Å². The van der Waals surface area contributed by atoms with Crippen LogP contribution in [0, 0.1) is 0 Å². The molecule has 0 amide bonds. The number of benzene rings is 1. The van der Waals surface area contributed by atoms with E-state index < -0.39 is 0 Å². The topological polar surface area (TPSA) is 39.7 Å². The monoisotopic (exact) mass is 237 g/mol. The molecule has 0 saturated carbocycles. The molecule has 1 atom stereocenters. The van der Waals surface area contributed by atoms with Crippen LogP contribution in [0.2, 0.25) is 0 Å². The summed E-state index contributed by atoms with van der Waals surface area (Å²) >= 11 is 0. The minimum atomic E-state index is 0.252. The molecule has 1 aromatic rings. The predicted octanol–water partition coefficient (Wildman–Crippen LogP) is 1.23. The summed E-state index contributed by atoms with van der Waals surface area (Å²) in [5, 5.41) is 3.33. The number of rotatable bonds is 4. The van der Waals surface area contributed by atoms with Crippen molar-refractivity contribution >= 4 is 0 Å². The first-order valence-corrected chi connectivity index (χ1v) is 5.86. The lowest BCUT2D eigenvalue weighted by atomic mass is 10.1. The van der Waals surface area contributed by atoms with Gasteiger partial charge in [0.1, 0.15) is 0 Å². The third-order valence-corrected chi connectivity index (χ3v) is 2.92. The van der Waals surface area contributed by atoms with Crippen LogP contribution in [0.4, 0.5) is 0 Å². The van der Waals surface area contributed by atoms with Crippen LogP contribution in [0.25, 0.3) is 0 Å². The summed E-state index contributed by atoms with van der Waals surface area (Å²) in [6, 6.07) is 6.00. The molecule has 4 nitrogen and oxygen atoms in total. The molecule has 0 spiro atoms. The summed E-state index contributed by atoms with van der Waals surface area (Å²) in [6.07, 6.45) is 1.15. The number of hydrogen-bond acceptors (Lipinski definition) is 4. The quantitative estimate of drug-likeness (QED) is 0.855. The van der Waals surface area contributed by atoms with Gasteiger partial charge in [-0.2, -0.15) is 0 Å². The maximum atomic E-state index is 5.68. The number of hydrogen-bond donors (Lipinski definition) is 1. The van der Waals surface area contributed by atoms with Gasteiger partial charge in [-0.25, -0.2) is 0 Å². The largest absolute Gasteiger partial charge is 0.493 e. The molecule has 17 heavy (non-hydrogen) atoms. The third kappa shape index (κ3) is 3.11. The summed E-state index contributed by atoms with van der Waals surface area (Å²) in [6.45, 7) is 2.65. The molecule has 0 bridgehead atoms. The van der Waals surface area contributed by atoms with Gasteiger partial charge in [0.05, 0.1) is 26.9 Å². The second kappa shape index (κ2) is 5.89. The van der Waals surface area contributed by atoms with Crippen molar-refractivity contribution in [3.63, 3.8) is 0 Å². The maximum Gasteiger partial charge on any atom is 0.160 e. The first-order chi connectivity index (χ1) is 8.33. The van der Waals surface area contributed by atoms with Crippen molar-refractivity contribution in [3.05, 3.63) is 23.8 Å². The molecule has 1 N–H and O–H groups in total. The SMILES string of the molecule is COc1ccc(CC2CNCCO2)cc1OC. The van der Waals surface area contributed by atoms with Gasteiger partial charge in [-0.3, -0.25) is 0 Å². The molecule has 1 heterocycles. The average molecular weight is 237 g/mol. The Kier molecular flexibility index (Phi) is 4.23. The van der Waals surface area contributed by atoms with E-state index in [4.69, 9.17) is 14.2 Å². The fourth-order valence-electron chi connectivity index (χ4n) is 2.02. The predicted molar refractivity (Wildman–Crippen MR) is 65.9 cm³/mol. The van der Waals surface area contributed by atoms with Crippen LogP contribution >= 0.6 is 0 Å². The normalized spacial score (nSPS) is 20.0. The van der Waals surface area contributed by atoms with E-state index in [9.17, 15) is 0 Å². The average Bonchev–Trinajstić information content (AvgIpc) is 2.40. The molecule has 0 radical (unpaired) electrons. The summed E-state index contributed by atoms with van der Waals surface area (Å²) in [4.78, 5) is 0. The van der Waals surface area contributed by atoms with Crippen LogP contribution in [0.5, 0.6) is 11.5 Å². The van der Waals surface area contributed by atoms with Crippen LogP contribution in [0.3, 0.4) is 0 Å². The van der Waals surface area contributed by atoms with E-state index in [-0.39, 0.29) is 6.10 Å². The van der Waals surface area contributed by atoms with Gasteiger partial charge < -0.3 is 19.5 Å². The van der Waals surface area contributed by atoms with Crippen LogP contribution in [-0.4, -0.2) is 40.0 Å². The van der Waals surface area contributed by atoms with Gasteiger partial charge in [0.15, 0.2) is 11.5 Å². The highest BCUT2D eigenvalue weighted by molar-refractivity contribution is 5.43. The summed E-state index contributed by atoms with van der Waals surface area (Å²) < 4.78 is 16.2. The Labute approximate surface area is 102 Å². The Bertz CT molecular complexity index is 362. The Morgan fingerprint density at radius 3 is 2.76 bits per heavy atom. The van der Waals surface area contributed by atoms with Gasteiger partial charge in [-0.1, -0.05) is 6.07 Å². The molecule has 0 aliphatic carbocycles. The standard InChI is InChI=1S/C13H19NO3/c1-15-12-4-3-10(8-13(12)16-2)7-11-9-14-5-6-17-11/h3-4,8,11,14H,5-7,9H2,1-2H3. The second-order valence-electron chi connectivity index (χ2n) is 4.09. The fourth-order valence-corrected chi connectivity index (χ4v) is 2.02. The Balaban J connectivity index is 2.05. The van der Waals surface area contributed by atoms with Crippen molar-refractivity contribution in [1.29, 1.82) is 0 Å². The van der Waals surface area contributed by atoms with Gasteiger partial charge >= 0.3 is 0 Å². The highest BCUT2D eigenvalue weighted by Crippen LogP contribution is 2.28. The van der Waals surface area contributed by atoms with Gasteiger partial charge in [0, 0.05) is 19.5 Å². The molecule has 1 aliphatic rings. The van der Waals surface area contributed by atoms with E-state index in [2.05, 4.69) is 11.4 Å². The van der Waals surface area contributed by atoms with Crippen molar-refractivity contribution < 1.29 is 14.2 Å². The van der Waals surface area contributed by atoms with Crippen LogP contribution in [0.15, 0.2) is 18.2 Å². The lowest BCUT2D eigenvalue weighted by molar-refractivity contribution is 0.0292. The van der Waals surface area contributed by atoms with Gasteiger partial charge in [-0.05, 0) is 17.7 Å². The van der Waals surface area contributed by atoms with Crippen molar-refractivity contribution in [2.45, 2.75) is 12.5 Å². The minimum Gasteiger partial charge on any atom is -0.493 e. The summed E-state index contributed by atoms with van der Waals surface area (Å²) in [7, 11) is 3.30. The smallest absolute Gasteiger partial charge is 0.160 e. The van der Waals surface area contributed by atoms with E-state index in [1.807, 2.05) is 12.1 Å². The number of methoxy groups -OCH3 is 2. The molecular formula is C13H19NO3. The summed E-state index contributed by atoms with van der Waals surface area (Å²) in [5.74, 6) is 1.53. The van der Waals surface area contributed by atoms with Crippen molar-refractivity contribution in [2.75, 3.05) is 33.9 Å². The first kappa shape index (κ1) is 12.2. The lowest BCUT2D eigenvalue weighted by Gasteiger charge is -2.23. The zero-order chi connectivity index (χ0) is 12.1. The van der Waals surface area contributed by atoms with Crippen LogP contribution in [-0.2, 0) is 11.2 Å². The van der Waals surface area contributed by atoms with Gasteiger partial charge in [-0.15, -0.1) is 0 Å². The molecule has 0 aromatic heterocycles. The highest BCUT2D eigenvalue weighted by atomic mass is 16.5. The van der Waals surface area contributed by atoms with Crippen molar-refractivity contribution in [1.82, 2.24) is 5.32 Å². The number of nitrogens with one attached hydrogen (secondary N) is 1.